The van der Waals surface area contributed by atoms with Gasteiger partial charge in [-0.25, -0.2) is 37.6 Å². The number of aliphatic hydroxyl groups is 1. The molecule has 5 saturated heterocycles. The van der Waals surface area contributed by atoms with E-state index in [1.807, 2.05) is 19.9 Å². The van der Waals surface area contributed by atoms with Gasteiger partial charge in [-0.05, 0) is 83.3 Å². The molecule has 5 aliphatic rings. The minimum atomic E-state index is -3.79. The van der Waals surface area contributed by atoms with Crippen molar-refractivity contribution in [2.24, 2.45) is 11.8 Å². The Morgan fingerprint density at radius 1 is 0.636 bits per heavy atom. The highest BCUT2D eigenvalue weighted by Gasteiger charge is 2.57. The van der Waals surface area contributed by atoms with Crippen molar-refractivity contribution in [3.05, 3.63) is 193 Å². The second-order valence-electron chi connectivity index (χ2n) is 31.4. The first-order chi connectivity index (χ1) is 56.3. The van der Waals surface area contributed by atoms with Crippen molar-refractivity contribution in [3.8, 4) is 5.75 Å². The van der Waals surface area contributed by atoms with Crippen LogP contribution in [0.1, 0.15) is 87.7 Å². The molecule has 14 rings (SSSR count). The standard InChI is InChI=1S/2C32H43N7O11P2SSi.C7H8ClO2P.CH4.H2O/c1-20-21-19-45-52(53,44-17-12-33-5)49-26-22(18-43-51(42)48-25(20)28(46-21)38-13-8-23(40)36-15-10-34-30(36)38)47-29(27(26)50-54(6,7)32(2,3)4)39-14-9-24(41)37-16-11-35-31(37)39;1-20-22(47-28(25(20)48-51-43)38-13-8-23(41)36-15-10-34-30(36)38)19-45-52(53,44-17-12-33-5)49-26-21(18-40)46-29(27(26)50-54(6,7)32(2,3)4)39-14-9-24(42)37-16-11-35-31(37)39;1-11(8,9)10-7-5-3-2-4-6-7;;/h8-11,13-16,20-22,25-29,42H,12,17-19H2,1-4,6-7H3;8-11,13-16,20-22,25-29,40H,12,17-19H2,1-4,6-7H3;2-6H,1H3;1H4;1H2/t20-,21-,22-,25-,26-,27-,28-,29-,51?,52?;20-,21-,22-,25-,26-,27-,28-,29-,52?;;;/m11.../s1. The zero-order valence-electron chi connectivity index (χ0n) is 67.6. The first-order valence-electron chi connectivity index (χ1n) is 37.7. The van der Waals surface area contributed by atoms with Gasteiger partial charge >= 0.3 is 37.4 Å². The molecule has 1 aromatic carbocycles. The average Bonchev–Trinajstić information content (AvgIpc) is 1.62. The van der Waals surface area contributed by atoms with Crippen LogP contribution in [0.2, 0.25) is 36.3 Å². The molecular weight excluding hydrogens is 1770 g/mol. The molecule has 660 valence electrons. The lowest BCUT2D eigenvalue weighted by Gasteiger charge is -2.41. The van der Waals surface area contributed by atoms with Gasteiger partial charge in [-0.2, -0.15) is 0 Å². The number of hydrogen-bond acceptors (Lipinski definition) is 30. The van der Waals surface area contributed by atoms with Crippen LogP contribution in [0.5, 0.6) is 5.75 Å². The number of para-hydroxylation sites is 1. The SMILES string of the molecule is C.CP(=O)(Cl)Oc1ccccc1.O.[C-]#[N+]CCOP(=S)(OC[C@H]1O[C@@H](n2ccc(=O)n3ccnc23)[C@H](OP=O)[C@@H]1C)O[C@H]1[C@@H](O[Si](C)(C)C(C)(C)C)[C@H](n2ccc(=O)n3ccnc23)O[C@@H]1CO.[C-]#[N+]CCOP1(=S)OC[C@H]2O[C@@H](n3ccc(=O)n4ccnc34)[C@H](OP(O)OC[C@H]3O[C@@H](n4ccc(=O)n5ccnc45)[C@H](O[Si](C)(C)C(C)(C)C)[C@@H]3O1)[C@@H]2C. The number of halogens is 1. The number of aromatic nitrogens is 12. The number of hydrogen-bond donors (Lipinski definition) is 2. The number of aliphatic hydroxyl groups excluding tert-OH is 1. The zero-order valence-corrected chi connectivity index (χ0v) is 76.4. The van der Waals surface area contributed by atoms with E-state index in [2.05, 4.69) is 97.4 Å². The van der Waals surface area contributed by atoms with Crippen LogP contribution in [0.25, 0.3) is 32.8 Å². The monoisotopic (exact) mass is 1870 g/mol. The predicted molar refractivity (Wildman–Crippen MR) is 457 cm³/mol. The second kappa shape index (κ2) is 40.2. The summed E-state index contributed by atoms with van der Waals surface area (Å²) in [6.45, 7) is 29.0. The normalized spacial score (nSPS) is 28.2. The first-order valence-corrected chi connectivity index (χ1v) is 53.4. The van der Waals surface area contributed by atoms with Gasteiger partial charge in [0.1, 0.15) is 67.8 Å². The van der Waals surface area contributed by atoms with Gasteiger partial charge < -0.3 is 84.6 Å². The zero-order chi connectivity index (χ0) is 85.9. The van der Waals surface area contributed by atoms with Crippen molar-refractivity contribution < 1.29 is 97.6 Å². The minimum Gasteiger partial charge on any atom is -0.433 e. The number of imidazole rings is 4. The molecule has 8 aromatic heterocycles. The van der Waals surface area contributed by atoms with Crippen LogP contribution >= 0.6 is 48.7 Å². The Balaban J connectivity index is 0.000000222. The summed E-state index contributed by atoms with van der Waals surface area (Å²) < 4.78 is 136. The highest BCUT2D eigenvalue weighted by Crippen LogP contribution is 2.59. The van der Waals surface area contributed by atoms with Gasteiger partial charge in [0.2, 0.25) is 36.2 Å². The van der Waals surface area contributed by atoms with Crippen LogP contribution in [0.4, 0.5) is 0 Å². The lowest BCUT2D eigenvalue weighted by atomic mass is 10.0. The number of rotatable bonds is 24. The molecule has 13 heterocycles. The average molecular weight is 1870 g/mol. The Morgan fingerprint density at radius 3 is 1.56 bits per heavy atom. The fourth-order valence-electron chi connectivity index (χ4n) is 13.3. The number of fused-ring (bicyclic) bond motifs is 7. The van der Waals surface area contributed by atoms with E-state index in [1.165, 1.54) is 85.7 Å². The predicted octanol–water partition coefficient (Wildman–Crippen LogP) is 10.9. The van der Waals surface area contributed by atoms with Crippen LogP contribution in [0.15, 0.2) is 148 Å². The number of ether oxygens (including phenoxy) is 4. The molecule has 0 saturated carbocycles. The Morgan fingerprint density at radius 2 is 1.09 bits per heavy atom. The maximum absolute atomic E-state index is 12.7. The fraction of sp³-hybridized carbons (Fsp3) is 0.556. The summed E-state index contributed by atoms with van der Waals surface area (Å²) in [6, 6.07) is 14.4. The van der Waals surface area contributed by atoms with Gasteiger partial charge in [-0.3, -0.25) is 73.2 Å². The maximum Gasteiger partial charge on any atom is 0.333 e. The quantitative estimate of drug-likeness (QED) is 0.0245. The summed E-state index contributed by atoms with van der Waals surface area (Å²) in [4.78, 5) is 85.9. The molecule has 39 nitrogen and oxygen atoms in total. The molecule has 121 heavy (non-hydrogen) atoms. The third kappa shape index (κ3) is 21.9. The van der Waals surface area contributed by atoms with Gasteiger partial charge in [-0.15, -0.1) is 0 Å². The summed E-state index contributed by atoms with van der Waals surface area (Å²) in [5.41, 5.74) is -1.13. The first kappa shape index (κ1) is 96.9. The largest absolute Gasteiger partial charge is 0.433 e. The summed E-state index contributed by atoms with van der Waals surface area (Å²) in [6.07, 6.45) is 6.25. The van der Waals surface area contributed by atoms with E-state index in [0.717, 1.165) is 0 Å². The topological polar surface area (TPSA) is 420 Å². The van der Waals surface area contributed by atoms with Crippen molar-refractivity contribution in [1.82, 2.24) is 55.8 Å². The Kier molecular flexibility index (Phi) is 32.2. The number of benzene rings is 1. The van der Waals surface area contributed by atoms with Gasteiger partial charge in [0.05, 0.1) is 38.6 Å². The highest BCUT2D eigenvalue weighted by atomic mass is 35.7. The molecule has 4 N–H and O–H groups in total. The molecule has 0 radical (unpaired) electrons. The molecular formula is C72H100ClN14O25P5S2Si2. The molecule has 9 aromatic rings. The summed E-state index contributed by atoms with van der Waals surface area (Å²) >= 11 is 17.5. The Hall–Kier alpha value is -6.26. The van der Waals surface area contributed by atoms with Crippen LogP contribution < -0.4 is 26.8 Å². The lowest BCUT2D eigenvalue weighted by molar-refractivity contribution is -0.0612. The van der Waals surface area contributed by atoms with Crippen molar-refractivity contribution in [2.75, 3.05) is 59.4 Å². The highest BCUT2D eigenvalue weighted by molar-refractivity contribution is 8.07. The smallest absolute Gasteiger partial charge is 0.333 e. The van der Waals surface area contributed by atoms with E-state index in [4.69, 9.17) is 121 Å². The maximum atomic E-state index is 12.7. The molecule has 5 fully saturated rings. The molecule has 49 heteroatoms. The molecule has 4 unspecified atom stereocenters. The van der Waals surface area contributed by atoms with Crippen molar-refractivity contribution >= 4 is 112 Å². The van der Waals surface area contributed by atoms with Crippen molar-refractivity contribution in [2.45, 2.75) is 185 Å². The molecule has 2 bridgehead atoms. The van der Waals surface area contributed by atoms with Crippen LogP contribution in [-0.2, 0) is 101 Å². The van der Waals surface area contributed by atoms with Gasteiger partial charge in [0, 0.05) is 117 Å². The summed E-state index contributed by atoms with van der Waals surface area (Å²) in [5.74, 6) is 0.925. The number of nitrogens with zero attached hydrogens (tertiary/aromatic N) is 14. The van der Waals surface area contributed by atoms with Crippen LogP contribution in [-0.4, -0.2) is 208 Å². The van der Waals surface area contributed by atoms with Gasteiger partial charge in [0.25, 0.3) is 22.2 Å². The van der Waals surface area contributed by atoms with Gasteiger partial charge in [-0.1, -0.05) is 81.0 Å². The molecule has 0 spiro atoms. The van der Waals surface area contributed by atoms with E-state index < -0.39 is 158 Å². The third-order valence-electron chi connectivity index (χ3n) is 21.5. The van der Waals surface area contributed by atoms with E-state index in [9.17, 15) is 38.3 Å². The summed E-state index contributed by atoms with van der Waals surface area (Å²) in [7, 11) is -8.31. The summed E-state index contributed by atoms with van der Waals surface area (Å²) in [5, 5.41) is 10.2. The van der Waals surface area contributed by atoms with Crippen LogP contribution in [0, 0.1) is 25.0 Å². The van der Waals surface area contributed by atoms with Crippen molar-refractivity contribution in [3.63, 3.8) is 0 Å². The Bertz CT molecular complexity index is 5560. The Labute approximate surface area is 716 Å². The second-order valence-corrected chi connectivity index (χ2v) is 51.7. The van der Waals surface area contributed by atoms with E-state index in [0.29, 0.717) is 28.9 Å². The lowest BCUT2D eigenvalue weighted by Crippen LogP contribution is -2.49. The molecule has 0 amide bonds. The third-order valence-corrected chi connectivity index (χ3v) is 37.1. The molecule has 20 atom stereocenters. The van der Waals surface area contributed by atoms with Gasteiger partial charge in [0.15, 0.2) is 41.5 Å². The van der Waals surface area contributed by atoms with Crippen LogP contribution in [0.3, 0.4) is 0 Å². The van der Waals surface area contributed by atoms with E-state index in [-0.39, 0.29) is 91.3 Å². The van der Waals surface area contributed by atoms with E-state index >= 15 is 0 Å². The van der Waals surface area contributed by atoms with Crippen molar-refractivity contribution in [1.29, 1.82) is 0 Å². The fourth-order valence-corrected chi connectivity index (χ4v) is 22.0. The van der Waals surface area contributed by atoms with E-state index in [1.54, 1.807) is 79.7 Å². The minimum absolute atomic E-state index is 0. The molecule has 0 aliphatic carbocycles. The molecule has 5 aliphatic heterocycles.